The Kier molecular flexibility index (Phi) is 2.86. The second-order valence-corrected chi connectivity index (χ2v) is 3.40. The molecular formula is C8H13N3O2. The van der Waals surface area contributed by atoms with Crippen LogP contribution >= 0.6 is 0 Å². The van der Waals surface area contributed by atoms with E-state index in [0.29, 0.717) is 32.5 Å². The Bertz CT molecular complexity index is 248. The van der Waals surface area contributed by atoms with Crippen molar-refractivity contribution in [3.63, 3.8) is 0 Å². The van der Waals surface area contributed by atoms with Gasteiger partial charge in [0.15, 0.2) is 0 Å². The van der Waals surface area contributed by atoms with Gasteiger partial charge in [-0.05, 0) is 6.42 Å². The molecule has 0 bridgehead atoms. The van der Waals surface area contributed by atoms with Crippen molar-refractivity contribution in [1.82, 2.24) is 4.90 Å². The average Bonchev–Trinajstić information content (AvgIpc) is 2.45. The first kappa shape index (κ1) is 9.96. The molecule has 5 nitrogen and oxygen atoms in total. The second kappa shape index (κ2) is 3.73. The van der Waals surface area contributed by atoms with E-state index in [9.17, 15) is 4.79 Å². The zero-order chi connectivity index (χ0) is 9.90. The van der Waals surface area contributed by atoms with Gasteiger partial charge in [-0.3, -0.25) is 9.69 Å². The summed E-state index contributed by atoms with van der Waals surface area (Å²) in [6, 6.07) is 2.02. The number of hydrogen-bond donors (Lipinski definition) is 2. The molecule has 1 aliphatic heterocycles. The first-order valence-corrected chi connectivity index (χ1v) is 4.20. The molecule has 5 heteroatoms. The number of nitrogens with two attached hydrogens (primary N) is 1. The quantitative estimate of drug-likeness (QED) is 0.609. The van der Waals surface area contributed by atoms with Gasteiger partial charge in [0, 0.05) is 26.1 Å². The molecule has 0 amide bonds. The van der Waals surface area contributed by atoms with E-state index in [0.717, 1.165) is 0 Å². The minimum absolute atomic E-state index is 0.351. The Balaban J connectivity index is 2.45. The first-order chi connectivity index (χ1) is 6.08. The van der Waals surface area contributed by atoms with Crippen molar-refractivity contribution in [3.05, 3.63) is 0 Å². The van der Waals surface area contributed by atoms with Gasteiger partial charge in [-0.15, -0.1) is 0 Å². The molecule has 1 atom stereocenters. The van der Waals surface area contributed by atoms with Crippen LogP contribution in [-0.2, 0) is 4.79 Å². The van der Waals surface area contributed by atoms with Crippen LogP contribution in [0.25, 0.3) is 0 Å². The summed E-state index contributed by atoms with van der Waals surface area (Å²) in [6.45, 7) is 1.64. The van der Waals surface area contributed by atoms with Gasteiger partial charge >= 0.3 is 5.97 Å². The number of aliphatic carboxylic acids is 1. The zero-order valence-corrected chi connectivity index (χ0v) is 7.36. The molecule has 0 radical (unpaired) electrons. The Morgan fingerprint density at radius 3 is 2.92 bits per heavy atom. The lowest BCUT2D eigenvalue weighted by molar-refractivity contribution is -0.142. The largest absolute Gasteiger partial charge is 0.480 e. The molecule has 0 aromatic heterocycles. The molecule has 1 rings (SSSR count). The molecule has 1 fully saturated rings. The molecule has 0 aromatic carbocycles. The lowest BCUT2D eigenvalue weighted by Crippen LogP contribution is -2.50. The number of rotatable bonds is 3. The normalized spacial score (nSPS) is 28.6. The maximum Gasteiger partial charge on any atom is 0.325 e. The lowest BCUT2D eigenvalue weighted by Gasteiger charge is -2.18. The van der Waals surface area contributed by atoms with Gasteiger partial charge in [-0.25, -0.2) is 0 Å². The molecule has 13 heavy (non-hydrogen) atoms. The van der Waals surface area contributed by atoms with Crippen LogP contribution in [-0.4, -0.2) is 41.1 Å². The third-order valence-corrected chi connectivity index (χ3v) is 2.35. The molecule has 0 aromatic rings. The second-order valence-electron chi connectivity index (χ2n) is 3.40. The van der Waals surface area contributed by atoms with Crippen LogP contribution in [0.15, 0.2) is 0 Å². The van der Waals surface area contributed by atoms with Crippen LogP contribution in [0.4, 0.5) is 0 Å². The highest BCUT2D eigenvalue weighted by Crippen LogP contribution is 2.18. The van der Waals surface area contributed by atoms with E-state index in [-0.39, 0.29) is 0 Å². The summed E-state index contributed by atoms with van der Waals surface area (Å²) in [5, 5.41) is 17.1. The SMILES string of the molecule is N#CCCN1CCC(N)(C(=O)O)C1. The first-order valence-electron chi connectivity index (χ1n) is 4.20. The van der Waals surface area contributed by atoms with E-state index in [1.165, 1.54) is 0 Å². The third kappa shape index (κ3) is 2.17. The minimum Gasteiger partial charge on any atom is -0.480 e. The summed E-state index contributed by atoms with van der Waals surface area (Å²) in [6.07, 6.45) is 0.892. The van der Waals surface area contributed by atoms with Crippen LogP contribution in [0.1, 0.15) is 12.8 Å². The van der Waals surface area contributed by atoms with Gasteiger partial charge in [0.25, 0.3) is 0 Å². The van der Waals surface area contributed by atoms with Crippen LogP contribution < -0.4 is 5.73 Å². The number of carbonyl (C=O) groups is 1. The van der Waals surface area contributed by atoms with Crippen LogP contribution in [0.3, 0.4) is 0 Å². The van der Waals surface area contributed by atoms with Crippen molar-refractivity contribution < 1.29 is 9.90 Å². The molecule has 1 heterocycles. The number of hydrogen-bond acceptors (Lipinski definition) is 4. The summed E-state index contributed by atoms with van der Waals surface area (Å²) < 4.78 is 0. The standard InChI is InChI=1S/C8H13N3O2/c9-3-1-4-11-5-2-8(10,6-11)7(12)13/h1-2,4-6,10H2,(H,12,13). The topological polar surface area (TPSA) is 90.4 Å². The van der Waals surface area contributed by atoms with Crippen molar-refractivity contribution >= 4 is 5.97 Å². The third-order valence-electron chi connectivity index (χ3n) is 2.35. The molecule has 72 valence electrons. The van der Waals surface area contributed by atoms with Crippen LogP contribution in [0.2, 0.25) is 0 Å². The Hall–Kier alpha value is -1.12. The van der Waals surface area contributed by atoms with Gasteiger partial charge in [0.05, 0.1) is 6.07 Å². The smallest absolute Gasteiger partial charge is 0.325 e. The summed E-state index contributed by atoms with van der Waals surface area (Å²) in [4.78, 5) is 12.6. The highest BCUT2D eigenvalue weighted by atomic mass is 16.4. The average molecular weight is 183 g/mol. The number of carboxylic acids is 1. The molecule has 3 N–H and O–H groups in total. The molecule has 1 unspecified atom stereocenters. The van der Waals surface area contributed by atoms with Crippen molar-refractivity contribution in [3.8, 4) is 6.07 Å². The molecule has 0 saturated carbocycles. The van der Waals surface area contributed by atoms with Crippen molar-refractivity contribution in [1.29, 1.82) is 5.26 Å². The summed E-state index contributed by atoms with van der Waals surface area (Å²) in [5.41, 5.74) is 4.54. The van der Waals surface area contributed by atoms with Gasteiger partial charge in [0.1, 0.15) is 5.54 Å². The highest BCUT2D eigenvalue weighted by molar-refractivity contribution is 5.79. The zero-order valence-electron chi connectivity index (χ0n) is 7.36. The number of nitrogens with zero attached hydrogens (tertiary/aromatic N) is 2. The van der Waals surface area contributed by atoms with Gasteiger partial charge in [0.2, 0.25) is 0 Å². The van der Waals surface area contributed by atoms with Crippen LogP contribution in [0, 0.1) is 11.3 Å². The van der Waals surface area contributed by atoms with Crippen molar-refractivity contribution in [2.45, 2.75) is 18.4 Å². The van der Waals surface area contributed by atoms with E-state index in [2.05, 4.69) is 0 Å². The van der Waals surface area contributed by atoms with E-state index in [1.54, 1.807) is 0 Å². The van der Waals surface area contributed by atoms with Gasteiger partial charge in [-0.1, -0.05) is 0 Å². The summed E-state index contributed by atoms with van der Waals surface area (Å²) in [5.74, 6) is -0.952. The van der Waals surface area contributed by atoms with E-state index in [4.69, 9.17) is 16.1 Å². The lowest BCUT2D eigenvalue weighted by atomic mass is 10.0. The molecular weight excluding hydrogens is 170 g/mol. The Morgan fingerprint density at radius 1 is 1.77 bits per heavy atom. The van der Waals surface area contributed by atoms with Crippen molar-refractivity contribution in [2.24, 2.45) is 5.73 Å². The molecule has 1 aliphatic rings. The van der Waals surface area contributed by atoms with Gasteiger partial charge in [-0.2, -0.15) is 5.26 Å². The predicted molar refractivity (Wildman–Crippen MR) is 45.8 cm³/mol. The predicted octanol–water partition coefficient (Wildman–Crippen LogP) is -0.612. The number of likely N-dealkylation sites (tertiary alicyclic amines) is 1. The molecule has 1 saturated heterocycles. The molecule has 0 aliphatic carbocycles. The fourth-order valence-corrected chi connectivity index (χ4v) is 1.49. The van der Waals surface area contributed by atoms with Crippen molar-refractivity contribution in [2.75, 3.05) is 19.6 Å². The Labute approximate surface area is 76.7 Å². The van der Waals surface area contributed by atoms with E-state index in [1.807, 2.05) is 11.0 Å². The van der Waals surface area contributed by atoms with Gasteiger partial charge < -0.3 is 10.8 Å². The van der Waals surface area contributed by atoms with Crippen LogP contribution in [0.5, 0.6) is 0 Å². The highest BCUT2D eigenvalue weighted by Gasteiger charge is 2.40. The number of carboxylic acid groups (broad SMARTS) is 1. The van der Waals surface area contributed by atoms with E-state index < -0.39 is 11.5 Å². The Morgan fingerprint density at radius 2 is 2.46 bits per heavy atom. The maximum absolute atomic E-state index is 10.7. The summed E-state index contributed by atoms with van der Waals surface area (Å²) in [7, 11) is 0. The monoisotopic (exact) mass is 183 g/mol. The van der Waals surface area contributed by atoms with E-state index >= 15 is 0 Å². The maximum atomic E-state index is 10.7. The number of nitriles is 1. The minimum atomic E-state index is -1.10. The fraction of sp³-hybridized carbons (Fsp3) is 0.750. The fourth-order valence-electron chi connectivity index (χ4n) is 1.49. The summed E-state index contributed by atoms with van der Waals surface area (Å²) >= 11 is 0. The molecule has 0 spiro atoms.